The Hall–Kier alpha value is -1.94. The van der Waals surface area contributed by atoms with Gasteiger partial charge in [0.25, 0.3) is 11.6 Å². The maximum atomic E-state index is 11.6. The number of carbonyl (C=O) groups excluding carboxylic acids is 2. The van der Waals surface area contributed by atoms with Crippen LogP contribution in [0.4, 0.5) is 5.69 Å². The van der Waals surface area contributed by atoms with Crippen molar-refractivity contribution in [3.05, 3.63) is 39.9 Å². The fourth-order valence-corrected chi connectivity index (χ4v) is 1.85. The van der Waals surface area contributed by atoms with Crippen LogP contribution in [0.25, 0.3) is 0 Å². The smallest absolute Gasteiger partial charge is 0.319 e. The molecule has 0 aliphatic carbocycles. The lowest BCUT2D eigenvalue weighted by Crippen LogP contribution is -2.45. The van der Waals surface area contributed by atoms with E-state index in [1.807, 2.05) is 0 Å². The number of halogens is 2. The van der Waals surface area contributed by atoms with E-state index in [2.05, 4.69) is 5.32 Å². The Bertz CT molecular complexity index is 596. The van der Waals surface area contributed by atoms with Gasteiger partial charge in [-0.2, -0.15) is 0 Å². The first-order chi connectivity index (χ1) is 11.3. The van der Waals surface area contributed by atoms with E-state index in [0.29, 0.717) is 0 Å². The Morgan fingerprint density at radius 1 is 1.33 bits per heavy atom. The first-order valence-electron chi connectivity index (χ1n) is 6.63. The van der Waals surface area contributed by atoms with E-state index in [0.717, 1.165) is 0 Å². The number of alkyl halides is 2. The van der Waals surface area contributed by atoms with E-state index < -0.39 is 33.8 Å². The molecule has 11 heteroatoms. The summed E-state index contributed by atoms with van der Waals surface area (Å²) in [5, 5.41) is 23.3. The van der Waals surface area contributed by atoms with Gasteiger partial charge in [0, 0.05) is 12.1 Å². The van der Waals surface area contributed by atoms with E-state index in [1.54, 1.807) is 0 Å². The minimum absolute atomic E-state index is 0.164. The van der Waals surface area contributed by atoms with Gasteiger partial charge in [0.2, 0.25) is 0 Å². The summed E-state index contributed by atoms with van der Waals surface area (Å²) in [6, 6.07) is 3.93. The van der Waals surface area contributed by atoms with E-state index in [9.17, 15) is 24.8 Å². The zero-order chi connectivity index (χ0) is 18.3. The first-order valence-corrected chi connectivity index (χ1v) is 7.50. The van der Waals surface area contributed by atoms with Crippen LogP contribution in [0.1, 0.15) is 11.7 Å². The Balaban J connectivity index is 2.91. The molecule has 0 saturated heterocycles. The van der Waals surface area contributed by atoms with Crippen LogP contribution in [-0.2, 0) is 14.3 Å². The summed E-state index contributed by atoms with van der Waals surface area (Å²) < 4.78 is 4.81. The second-order valence-corrected chi connectivity index (χ2v) is 5.69. The monoisotopic (exact) mass is 379 g/mol. The second-order valence-electron chi connectivity index (χ2n) is 4.60. The molecular formula is C13H15Cl2N3O6. The molecule has 4 N–H and O–H groups in total. The van der Waals surface area contributed by atoms with Crippen molar-refractivity contribution in [1.82, 2.24) is 5.32 Å². The Morgan fingerprint density at radius 2 is 1.92 bits per heavy atom. The molecule has 0 aromatic heterocycles. The molecule has 0 saturated carbocycles. The lowest BCUT2D eigenvalue weighted by molar-refractivity contribution is -0.384. The molecule has 0 fully saturated rings. The van der Waals surface area contributed by atoms with Crippen molar-refractivity contribution in [2.45, 2.75) is 17.0 Å². The number of nitro benzene ring substituents is 1. The number of nitrogens with two attached hydrogens (primary N) is 1. The summed E-state index contributed by atoms with van der Waals surface area (Å²) >= 11 is 10.9. The first kappa shape index (κ1) is 20.1. The van der Waals surface area contributed by atoms with E-state index >= 15 is 0 Å². The third-order valence-electron chi connectivity index (χ3n) is 2.94. The highest BCUT2D eigenvalue weighted by atomic mass is 35.5. The molecule has 0 spiro atoms. The highest BCUT2D eigenvalue weighted by Crippen LogP contribution is 2.21. The summed E-state index contributed by atoms with van der Waals surface area (Å²) in [6.07, 6.45) is -1.33. The summed E-state index contributed by atoms with van der Waals surface area (Å²) in [6.45, 7) is -0.762. The predicted octanol–water partition coefficient (Wildman–Crippen LogP) is 0.419. The Kier molecular flexibility index (Phi) is 7.86. The second kappa shape index (κ2) is 9.38. The number of amides is 1. The number of nitrogens with one attached hydrogen (secondary N) is 1. The van der Waals surface area contributed by atoms with Gasteiger partial charge in [0.15, 0.2) is 4.84 Å². The number of benzene rings is 1. The maximum absolute atomic E-state index is 11.6. The summed E-state index contributed by atoms with van der Waals surface area (Å²) in [7, 11) is 0. The molecule has 0 bridgehead atoms. The summed E-state index contributed by atoms with van der Waals surface area (Å²) in [5.41, 5.74) is 5.20. The number of hydrogen-bond donors (Lipinski definition) is 3. The zero-order valence-electron chi connectivity index (χ0n) is 12.2. The van der Waals surface area contributed by atoms with Gasteiger partial charge in [-0.1, -0.05) is 23.2 Å². The molecule has 0 aliphatic heterocycles. The molecule has 2 atom stereocenters. The number of ether oxygens (including phenoxy) is 1. The van der Waals surface area contributed by atoms with Gasteiger partial charge in [0.1, 0.15) is 12.7 Å². The zero-order valence-corrected chi connectivity index (χ0v) is 13.7. The van der Waals surface area contributed by atoms with Crippen molar-refractivity contribution >= 4 is 40.8 Å². The fraction of sp³-hybridized carbons (Fsp3) is 0.385. The molecule has 9 nitrogen and oxygen atoms in total. The van der Waals surface area contributed by atoms with Crippen LogP contribution in [0.15, 0.2) is 24.3 Å². The summed E-state index contributed by atoms with van der Waals surface area (Å²) in [5.74, 6) is -1.54. The normalized spacial score (nSPS) is 13.2. The van der Waals surface area contributed by atoms with Crippen LogP contribution < -0.4 is 11.1 Å². The average Bonchev–Trinajstić information content (AvgIpc) is 2.57. The van der Waals surface area contributed by atoms with Crippen molar-refractivity contribution in [3.63, 3.8) is 0 Å². The molecule has 0 radical (unpaired) electrons. The van der Waals surface area contributed by atoms with Crippen molar-refractivity contribution in [1.29, 1.82) is 0 Å². The number of non-ortho nitro benzene ring substituents is 1. The van der Waals surface area contributed by atoms with E-state index in [1.165, 1.54) is 24.3 Å². The number of esters is 1. The van der Waals surface area contributed by atoms with Gasteiger partial charge in [-0.15, -0.1) is 0 Å². The summed E-state index contributed by atoms with van der Waals surface area (Å²) in [4.78, 5) is 31.4. The quantitative estimate of drug-likeness (QED) is 0.256. The van der Waals surface area contributed by atoms with Gasteiger partial charge >= 0.3 is 5.97 Å². The average molecular weight is 380 g/mol. The highest BCUT2D eigenvalue weighted by molar-refractivity contribution is 6.53. The van der Waals surface area contributed by atoms with Gasteiger partial charge in [-0.05, 0) is 17.7 Å². The van der Waals surface area contributed by atoms with E-state index in [4.69, 9.17) is 33.7 Å². The Labute approximate surface area is 146 Å². The maximum Gasteiger partial charge on any atom is 0.319 e. The minimum atomic E-state index is -1.39. The number of hydrogen-bond acceptors (Lipinski definition) is 7. The number of nitro groups is 1. The molecule has 0 unspecified atom stereocenters. The van der Waals surface area contributed by atoms with Crippen molar-refractivity contribution in [3.8, 4) is 0 Å². The topological polar surface area (TPSA) is 145 Å². The number of aliphatic hydroxyl groups excluding tert-OH is 1. The lowest BCUT2D eigenvalue weighted by Gasteiger charge is -2.24. The van der Waals surface area contributed by atoms with E-state index in [-0.39, 0.29) is 24.4 Å². The van der Waals surface area contributed by atoms with Crippen LogP contribution in [0, 0.1) is 10.1 Å². The van der Waals surface area contributed by atoms with Gasteiger partial charge in [-0.25, -0.2) is 0 Å². The largest absolute Gasteiger partial charge is 0.462 e. The predicted molar refractivity (Wildman–Crippen MR) is 85.5 cm³/mol. The number of carbonyl (C=O) groups is 2. The van der Waals surface area contributed by atoms with Gasteiger partial charge < -0.3 is 20.9 Å². The Morgan fingerprint density at radius 3 is 2.38 bits per heavy atom. The lowest BCUT2D eigenvalue weighted by atomic mass is 10.0. The molecule has 1 rings (SSSR count). The van der Waals surface area contributed by atoms with Crippen LogP contribution in [0.3, 0.4) is 0 Å². The molecule has 0 aliphatic rings. The highest BCUT2D eigenvalue weighted by Gasteiger charge is 2.26. The molecule has 1 aromatic carbocycles. The molecule has 132 valence electrons. The number of nitrogens with zero attached hydrogens (tertiary/aromatic N) is 1. The van der Waals surface area contributed by atoms with Crippen LogP contribution in [0.2, 0.25) is 0 Å². The third-order valence-corrected chi connectivity index (χ3v) is 3.34. The van der Waals surface area contributed by atoms with Gasteiger partial charge in [-0.3, -0.25) is 19.7 Å². The number of rotatable bonds is 8. The SMILES string of the molecule is NCC(=O)OC[C@@H](NC(=O)C(Cl)Cl)[C@H](O)c1ccc([N+](=O)[O-])cc1. The number of aliphatic hydroxyl groups is 1. The molecular weight excluding hydrogens is 365 g/mol. The standard InChI is InChI=1S/C13H15Cl2N3O6/c14-12(15)13(21)17-9(6-24-10(19)5-16)11(20)7-1-3-8(4-2-7)18(22)23/h1-4,9,11-12,20H,5-6,16H2,(H,17,21)/t9-,11-/m1/s1. The minimum Gasteiger partial charge on any atom is -0.462 e. The van der Waals surface area contributed by atoms with Crippen molar-refractivity contribution < 1.29 is 24.4 Å². The van der Waals surface area contributed by atoms with Crippen LogP contribution in [-0.4, -0.2) is 45.9 Å². The third kappa shape index (κ3) is 5.93. The van der Waals surface area contributed by atoms with Crippen molar-refractivity contribution in [2.24, 2.45) is 5.73 Å². The van der Waals surface area contributed by atoms with Crippen molar-refractivity contribution in [2.75, 3.05) is 13.2 Å². The van der Waals surface area contributed by atoms with Crippen LogP contribution in [0.5, 0.6) is 0 Å². The molecule has 0 heterocycles. The molecule has 1 aromatic rings. The fourth-order valence-electron chi connectivity index (χ4n) is 1.72. The molecule has 24 heavy (non-hydrogen) atoms. The molecule has 1 amide bonds. The van der Waals surface area contributed by atoms with Gasteiger partial charge in [0.05, 0.1) is 17.5 Å². The van der Waals surface area contributed by atoms with Crippen LogP contribution >= 0.6 is 23.2 Å².